The van der Waals surface area contributed by atoms with Crippen LogP contribution < -0.4 is 19.6 Å². The molecule has 1 aliphatic heterocycles. The smallest absolute Gasteiger partial charge is 0.338 e. The van der Waals surface area contributed by atoms with Crippen LogP contribution in [0.5, 0.6) is 5.75 Å². The lowest BCUT2D eigenvalue weighted by molar-refractivity contribution is -0.139. The number of carbonyl (C=O) groups excluding carboxylic acids is 1. The first-order valence-electron chi connectivity index (χ1n) is 11.7. The number of ether oxygens (including phenoxy) is 2. The zero-order chi connectivity index (χ0) is 27.0. The standard InChI is InChI=1S/C28H22BrClN2O5S/c1-4-36-27(34)24-15(2)31-28-32(25(24)17-7-11-22(35-3)20(29)13-17)26(33)23(38-28)14-19-10-12-21(37-19)16-5-8-18(30)9-6-16/h5-14,25H,4H2,1-3H3/b23-14-. The summed E-state index contributed by atoms with van der Waals surface area (Å²) >= 11 is 10.7. The Balaban J connectivity index is 1.64. The van der Waals surface area contributed by atoms with Crippen molar-refractivity contribution in [3.8, 4) is 17.1 Å². The molecule has 194 valence electrons. The number of thiazole rings is 1. The van der Waals surface area contributed by atoms with Crippen LogP contribution in [0.1, 0.15) is 31.2 Å². The number of allylic oxidation sites excluding steroid dienone is 1. The van der Waals surface area contributed by atoms with Gasteiger partial charge in [-0.2, -0.15) is 0 Å². The van der Waals surface area contributed by atoms with Crippen molar-refractivity contribution in [3.63, 3.8) is 0 Å². The Hall–Kier alpha value is -3.40. The Morgan fingerprint density at radius 2 is 1.97 bits per heavy atom. The third kappa shape index (κ3) is 4.89. The molecule has 5 rings (SSSR count). The SMILES string of the molecule is CCOC(=O)C1=C(C)N=c2s/c(=C\c3ccc(-c4ccc(Cl)cc4)o3)c(=O)n2C1c1ccc(OC)c(Br)c1. The van der Waals surface area contributed by atoms with Gasteiger partial charge in [0, 0.05) is 16.7 Å². The van der Waals surface area contributed by atoms with E-state index >= 15 is 0 Å². The lowest BCUT2D eigenvalue weighted by Crippen LogP contribution is -2.39. The summed E-state index contributed by atoms with van der Waals surface area (Å²) < 4.78 is 19.4. The van der Waals surface area contributed by atoms with E-state index in [0.717, 1.165) is 5.56 Å². The average Bonchev–Trinajstić information content (AvgIpc) is 3.48. The molecule has 0 amide bonds. The van der Waals surface area contributed by atoms with Crippen molar-refractivity contribution in [3.05, 3.63) is 106 Å². The lowest BCUT2D eigenvalue weighted by Gasteiger charge is -2.25. The van der Waals surface area contributed by atoms with E-state index in [1.165, 1.54) is 15.9 Å². The predicted molar refractivity (Wildman–Crippen MR) is 150 cm³/mol. The molecule has 1 unspecified atom stereocenters. The third-order valence-corrected chi connectivity index (χ3v) is 7.89. The summed E-state index contributed by atoms with van der Waals surface area (Å²) in [5, 5.41) is 0.637. The second kappa shape index (κ2) is 10.8. The van der Waals surface area contributed by atoms with E-state index in [-0.39, 0.29) is 12.2 Å². The summed E-state index contributed by atoms with van der Waals surface area (Å²) in [6.45, 7) is 3.69. The molecule has 0 radical (unpaired) electrons. The topological polar surface area (TPSA) is 83.0 Å². The van der Waals surface area contributed by atoms with Gasteiger partial charge in [0.15, 0.2) is 4.80 Å². The minimum absolute atomic E-state index is 0.202. The molecular weight excluding hydrogens is 592 g/mol. The first kappa shape index (κ1) is 26.2. The summed E-state index contributed by atoms with van der Waals surface area (Å²) in [5.41, 5.74) is 2.10. The number of carbonyl (C=O) groups is 1. The summed E-state index contributed by atoms with van der Waals surface area (Å²) in [7, 11) is 1.57. The van der Waals surface area contributed by atoms with E-state index in [9.17, 15) is 9.59 Å². The Morgan fingerprint density at radius 1 is 1.21 bits per heavy atom. The lowest BCUT2D eigenvalue weighted by atomic mass is 9.96. The van der Waals surface area contributed by atoms with Gasteiger partial charge in [-0.05, 0) is 83.9 Å². The van der Waals surface area contributed by atoms with Crippen LogP contribution in [0.15, 0.2) is 84.5 Å². The number of rotatable bonds is 6. The molecule has 1 aliphatic rings. The highest BCUT2D eigenvalue weighted by atomic mass is 79.9. The van der Waals surface area contributed by atoms with E-state index < -0.39 is 12.0 Å². The normalized spacial score (nSPS) is 15.3. The number of hydrogen-bond acceptors (Lipinski definition) is 7. The predicted octanol–water partition coefficient (Wildman–Crippen LogP) is 5.48. The first-order valence-corrected chi connectivity index (χ1v) is 13.7. The van der Waals surface area contributed by atoms with Gasteiger partial charge in [-0.25, -0.2) is 9.79 Å². The fourth-order valence-electron chi connectivity index (χ4n) is 4.29. The van der Waals surface area contributed by atoms with Crippen molar-refractivity contribution in [2.75, 3.05) is 13.7 Å². The number of benzene rings is 2. The molecule has 7 nitrogen and oxygen atoms in total. The van der Waals surface area contributed by atoms with Crippen molar-refractivity contribution in [1.82, 2.24) is 4.57 Å². The molecule has 0 spiro atoms. The summed E-state index contributed by atoms with van der Waals surface area (Å²) in [6.07, 6.45) is 1.69. The van der Waals surface area contributed by atoms with E-state index in [2.05, 4.69) is 20.9 Å². The number of fused-ring (bicyclic) bond motifs is 1. The molecule has 0 saturated heterocycles. The highest BCUT2D eigenvalue weighted by Gasteiger charge is 2.33. The Labute approximate surface area is 235 Å². The molecular formula is C28H22BrClN2O5S. The zero-order valence-electron chi connectivity index (χ0n) is 20.7. The molecule has 0 fully saturated rings. The Bertz CT molecular complexity index is 1750. The van der Waals surface area contributed by atoms with Crippen LogP contribution in [0.2, 0.25) is 5.02 Å². The van der Waals surface area contributed by atoms with Crippen molar-refractivity contribution in [2.24, 2.45) is 4.99 Å². The van der Waals surface area contributed by atoms with Crippen molar-refractivity contribution >= 4 is 50.9 Å². The van der Waals surface area contributed by atoms with E-state index in [0.29, 0.717) is 52.9 Å². The van der Waals surface area contributed by atoms with Gasteiger partial charge in [0.05, 0.1) is 40.0 Å². The summed E-state index contributed by atoms with van der Waals surface area (Å²) in [5.74, 6) is 1.29. The van der Waals surface area contributed by atoms with Crippen molar-refractivity contribution in [2.45, 2.75) is 19.9 Å². The van der Waals surface area contributed by atoms with Gasteiger partial charge in [-0.3, -0.25) is 9.36 Å². The molecule has 0 saturated carbocycles. The van der Waals surface area contributed by atoms with Gasteiger partial charge in [0.25, 0.3) is 5.56 Å². The van der Waals surface area contributed by atoms with E-state index in [1.807, 2.05) is 30.3 Å². The number of esters is 1. The Kier molecular flexibility index (Phi) is 7.43. The van der Waals surface area contributed by atoms with Crippen LogP contribution >= 0.6 is 38.9 Å². The van der Waals surface area contributed by atoms with Gasteiger partial charge in [0.2, 0.25) is 0 Å². The quantitative estimate of drug-likeness (QED) is 0.269. The van der Waals surface area contributed by atoms with Gasteiger partial charge in [-0.1, -0.05) is 29.0 Å². The third-order valence-electron chi connectivity index (χ3n) is 6.04. The molecule has 2 aromatic carbocycles. The molecule has 10 heteroatoms. The molecule has 0 aliphatic carbocycles. The fourth-order valence-corrected chi connectivity index (χ4v) is 6.00. The van der Waals surface area contributed by atoms with Crippen LogP contribution in [0, 0.1) is 0 Å². The number of methoxy groups -OCH3 is 1. The molecule has 2 aromatic heterocycles. The van der Waals surface area contributed by atoms with E-state index in [1.54, 1.807) is 51.3 Å². The number of halogens is 2. The minimum Gasteiger partial charge on any atom is -0.496 e. The maximum atomic E-state index is 13.8. The van der Waals surface area contributed by atoms with Crippen molar-refractivity contribution < 1.29 is 18.7 Å². The Morgan fingerprint density at radius 3 is 2.66 bits per heavy atom. The minimum atomic E-state index is -0.726. The summed E-state index contributed by atoms with van der Waals surface area (Å²) in [6, 6.07) is 15.7. The van der Waals surface area contributed by atoms with Crippen LogP contribution in [-0.4, -0.2) is 24.3 Å². The first-order chi connectivity index (χ1) is 18.3. The van der Waals surface area contributed by atoms with Crippen LogP contribution in [0.4, 0.5) is 0 Å². The van der Waals surface area contributed by atoms with Crippen LogP contribution in [0.3, 0.4) is 0 Å². The largest absolute Gasteiger partial charge is 0.496 e. The number of hydrogen-bond donors (Lipinski definition) is 0. The summed E-state index contributed by atoms with van der Waals surface area (Å²) in [4.78, 5) is 31.9. The maximum Gasteiger partial charge on any atom is 0.338 e. The number of furan rings is 1. The number of aromatic nitrogens is 1. The zero-order valence-corrected chi connectivity index (χ0v) is 23.8. The molecule has 0 N–H and O–H groups in total. The van der Waals surface area contributed by atoms with Gasteiger partial charge >= 0.3 is 5.97 Å². The molecule has 4 aromatic rings. The van der Waals surface area contributed by atoms with Crippen molar-refractivity contribution in [1.29, 1.82) is 0 Å². The fraction of sp³-hybridized carbons (Fsp3) is 0.179. The second-order valence-electron chi connectivity index (χ2n) is 8.41. The molecule has 38 heavy (non-hydrogen) atoms. The van der Waals surface area contributed by atoms with E-state index in [4.69, 9.17) is 25.5 Å². The average molecular weight is 614 g/mol. The molecule has 1 atom stereocenters. The molecule has 0 bridgehead atoms. The van der Waals surface area contributed by atoms with Gasteiger partial charge < -0.3 is 13.9 Å². The number of nitrogens with zero attached hydrogens (tertiary/aromatic N) is 2. The maximum absolute atomic E-state index is 13.8. The van der Waals surface area contributed by atoms with Crippen LogP contribution in [0.25, 0.3) is 17.4 Å². The van der Waals surface area contributed by atoms with Gasteiger partial charge in [-0.15, -0.1) is 0 Å². The van der Waals surface area contributed by atoms with Crippen LogP contribution in [-0.2, 0) is 9.53 Å². The van der Waals surface area contributed by atoms with Gasteiger partial charge in [0.1, 0.15) is 17.3 Å². The highest BCUT2D eigenvalue weighted by Crippen LogP contribution is 2.35. The highest BCUT2D eigenvalue weighted by molar-refractivity contribution is 9.10. The second-order valence-corrected chi connectivity index (χ2v) is 10.7. The molecule has 3 heterocycles. The monoisotopic (exact) mass is 612 g/mol.